The van der Waals surface area contributed by atoms with Crippen molar-refractivity contribution in [2.75, 3.05) is 31.1 Å². The second kappa shape index (κ2) is 5.31. The molecule has 2 rings (SSSR count). The fourth-order valence-corrected chi connectivity index (χ4v) is 2.00. The lowest BCUT2D eigenvalue weighted by Gasteiger charge is -2.20. The Morgan fingerprint density at radius 2 is 1.94 bits per heavy atom. The van der Waals surface area contributed by atoms with Crippen LogP contribution in [0, 0.1) is 0 Å². The lowest BCUT2D eigenvalue weighted by Crippen LogP contribution is -2.34. The molecule has 1 fully saturated rings. The molecule has 17 heavy (non-hydrogen) atoms. The molecule has 1 aliphatic rings. The number of hydrogen-bond acceptors (Lipinski definition) is 4. The molecule has 0 bridgehead atoms. The van der Waals surface area contributed by atoms with Crippen LogP contribution in [0.25, 0.3) is 0 Å². The van der Waals surface area contributed by atoms with Gasteiger partial charge in [0.05, 0.1) is 17.4 Å². The number of aromatic nitrogens is 2. The van der Waals surface area contributed by atoms with Crippen molar-refractivity contribution in [3.05, 3.63) is 17.4 Å². The highest BCUT2D eigenvalue weighted by Gasteiger charge is 2.17. The van der Waals surface area contributed by atoms with Gasteiger partial charge >= 0.3 is 0 Å². The van der Waals surface area contributed by atoms with Gasteiger partial charge < -0.3 is 9.80 Å². The van der Waals surface area contributed by atoms with Gasteiger partial charge in [0, 0.05) is 33.1 Å². The van der Waals surface area contributed by atoms with Gasteiger partial charge in [-0.1, -0.05) is 11.6 Å². The van der Waals surface area contributed by atoms with Crippen LogP contribution in [0.2, 0.25) is 5.02 Å². The molecule has 0 unspecified atom stereocenters. The minimum atomic E-state index is 0.129. The van der Waals surface area contributed by atoms with Crippen LogP contribution in [0.3, 0.4) is 0 Å². The van der Waals surface area contributed by atoms with Crippen molar-refractivity contribution < 1.29 is 4.79 Å². The van der Waals surface area contributed by atoms with Crippen molar-refractivity contribution in [1.82, 2.24) is 14.9 Å². The van der Waals surface area contributed by atoms with Gasteiger partial charge in [0.25, 0.3) is 0 Å². The Bertz CT molecular complexity index is 395. The first-order valence-corrected chi connectivity index (χ1v) is 6.02. The van der Waals surface area contributed by atoms with E-state index in [0.29, 0.717) is 11.0 Å². The SMILES string of the molecule is CC(=O)N1CCCN(c2ncc(Cl)cn2)CC1. The molecule has 92 valence electrons. The molecule has 1 aliphatic heterocycles. The number of anilines is 1. The van der Waals surface area contributed by atoms with Gasteiger partial charge in [0.15, 0.2) is 0 Å². The van der Waals surface area contributed by atoms with Crippen LogP contribution in [0.15, 0.2) is 12.4 Å². The predicted molar refractivity (Wildman–Crippen MR) is 66.1 cm³/mol. The zero-order valence-electron chi connectivity index (χ0n) is 9.77. The molecule has 0 atom stereocenters. The summed E-state index contributed by atoms with van der Waals surface area (Å²) in [5.74, 6) is 0.809. The third-order valence-electron chi connectivity index (χ3n) is 2.83. The summed E-state index contributed by atoms with van der Waals surface area (Å²) in [5, 5.41) is 0.536. The van der Waals surface area contributed by atoms with Gasteiger partial charge in [-0.25, -0.2) is 9.97 Å². The van der Waals surface area contributed by atoms with Crippen LogP contribution in [-0.4, -0.2) is 47.0 Å². The highest BCUT2D eigenvalue weighted by molar-refractivity contribution is 6.30. The lowest BCUT2D eigenvalue weighted by atomic mass is 10.4. The third kappa shape index (κ3) is 3.06. The van der Waals surface area contributed by atoms with Gasteiger partial charge in [0.2, 0.25) is 11.9 Å². The third-order valence-corrected chi connectivity index (χ3v) is 3.03. The summed E-state index contributed by atoms with van der Waals surface area (Å²) in [6, 6.07) is 0. The van der Waals surface area contributed by atoms with E-state index in [0.717, 1.165) is 32.6 Å². The van der Waals surface area contributed by atoms with Gasteiger partial charge in [-0.05, 0) is 6.42 Å². The molecule has 0 radical (unpaired) electrons. The maximum atomic E-state index is 11.3. The van der Waals surface area contributed by atoms with Crippen molar-refractivity contribution in [2.24, 2.45) is 0 Å². The molecule has 1 aromatic rings. The van der Waals surface area contributed by atoms with Crippen molar-refractivity contribution in [2.45, 2.75) is 13.3 Å². The van der Waals surface area contributed by atoms with Gasteiger partial charge in [0.1, 0.15) is 0 Å². The molecule has 6 heteroatoms. The summed E-state index contributed by atoms with van der Waals surface area (Å²) in [4.78, 5) is 23.6. The quantitative estimate of drug-likeness (QED) is 0.755. The van der Waals surface area contributed by atoms with Crippen LogP contribution in [-0.2, 0) is 4.79 Å². The molecule has 0 saturated carbocycles. The van der Waals surface area contributed by atoms with E-state index in [4.69, 9.17) is 11.6 Å². The van der Waals surface area contributed by atoms with Crippen LogP contribution in [0.1, 0.15) is 13.3 Å². The molecule has 1 aromatic heterocycles. The molecule has 1 saturated heterocycles. The monoisotopic (exact) mass is 254 g/mol. The summed E-state index contributed by atoms with van der Waals surface area (Å²) >= 11 is 5.75. The highest BCUT2D eigenvalue weighted by Crippen LogP contribution is 2.13. The first-order valence-electron chi connectivity index (χ1n) is 5.65. The minimum Gasteiger partial charge on any atom is -0.341 e. The zero-order chi connectivity index (χ0) is 12.3. The molecule has 0 aliphatic carbocycles. The molecular weight excluding hydrogens is 240 g/mol. The van der Waals surface area contributed by atoms with E-state index in [-0.39, 0.29) is 5.91 Å². The Hall–Kier alpha value is -1.36. The topological polar surface area (TPSA) is 49.3 Å². The summed E-state index contributed by atoms with van der Waals surface area (Å²) in [7, 11) is 0. The van der Waals surface area contributed by atoms with E-state index in [2.05, 4.69) is 14.9 Å². The van der Waals surface area contributed by atoms with Crippen molar-refractivity contribution in [3.63, 3.8) is 0 Å². The number of rotatable bonds is 1. The van der Waals surface area contributed by atoms with Crippen molar-refractivity contribution in [3.8, 4) is 0 Å². The lowest BCUT2D eigenvalue weighted by molar-refractivity contribution is -0.128. The Labute approximate surface area is 105 Å². The largest absolute Gasteiger partial charge is 0.341 e. The molecule has 0 spiro atoms. The van der Waals surface area contributed by atoms with E-state index in [9.17, 15) is 4.79 Å². The zero-order valence-corrected chi connectivity index (χ0v) is 10.5. The Kier molecular flexibility index (Phi) is 3.78. The molecule has 0 N–H and O–H groups in total. The average Bonchev–Trinajstić information content (AvgIpc) is 2.55. The van der Waals surface area contributed by atoms with E-state index in [1.165, 1.54) is 0 Å². The highest BCUT2D eigenvalue weighted by atomic mass is 35.5. The molecule has 0 aromatic carbocycles. The molecule has 1 amide bonds. The summed E-state index contributed by atoms with van der Waals surface area (Å²) < 4.78 is 0. The molecular formula is C11H15ClN4O. The number of carbonyl (C=O) groups excluding carboxylic acids is 1. The fourth-order valence-electron chi connectivity index (χ4n) is 1.90. The first kappa shape index (κ1) is 12.1. The fraction of sp³-hybridized carbons (Fsp3) is 0.545. The normalized spacial score (nSPS) is 16.8. The minimum absolute atomic E-state index is 0.129. The van der Waals surface area contributed by atoms with Crippen LogP contribution in [0.4, 0.5) is 5.95 Å². The number of nitrogens with zero attached hydrogens (tertiary/aromatic N) is 4. The number of carbonyl (C=O) groups is 1. The summed E-state index contributed by atoms with van der Waals surface area (Å²) in [6.07, 6.45) is 4.13. The number of halogens is 1. The predicted octanol–water partition coefficient (Wildman–Crippen LogP) is 1.19. The van der Waals surface area contributed by atoms with Crippen molar-refractivity contribution in [1.29, 1.82) is 0 Å². The van der Waals surface area contributed by atoms with Gasteiger partial charge in [-0.2, -0.15) is 0 Å². The first-order chi connectivity index (χ1) is 8.16. The average molecular weight is 255 g/mol. The van der Waals surface area contributed by atoms with Crippen molar-refractivity contribution >= 4 is 23.5 Å². The van der Waals surface area contributed by atoms with E-state index < -0.39 is 0 Å². The maximum absolute atomic E-state index is 11.3. The second-order valence-corrected chi connectivity index (χ2v) is 4.48. The van der Waals surface area contributed by atoms with Gasteiger partial charge in [-0.15, -0.1) is 0 Å². The van der Waals surface area contributed by atoms with Crippen LogP contribution in [0.5, 0.6) is 0 Å². The Morgan fingerprint density at radius 1 is 1.24 bits per heavy atom. The number of hydrogen-bond donors (Lipinski definition) is 0. The maximum Gasteiger partial charge on any atom is 0.225 e. The second-order valence-electron chi connectivity index (χ2n) is 4.05. The van der Waals surface area contributed by atoms with E-state index in [1.54, 1.807) is 19.3 Å². The molecule has 5 nitrogen and oxygen atoms in total. The molecule has 2 heterocycles. The standard InChI is InChI=1S/C11H15ClN4O/c1-9(17)15-3-2-4-16(6-5-15)11-13-7-10(12)8-14-11/h7-8H,2-6H2,1H3. The van der Waals surface area contributed by atoms with Crippen LogP contribution < -0.4 is 4.90 Å². The summed E-state index contributed by atoms with van der Waals surface area (Å²) in [6.45, 7) is 4.77. The van der Waals surface area contributed by atoms with E-state index >= 15 is 0 Å². The number of amides is 1. The Balaban J connectivity index is 2.03. The summed E-state index contributed by atoms with van der Waals surface area (Å²) in [5.41, 5.74) is 0. The van der Waals surface area contributed by atoms with Crippen LogP contribution >= 0.6 is 11.6 Å². The van der Waals surface area contributed by atoms with E-state index in [1.807, 2.05) is 4.90 Å². The Morgan fingerprint density at radius 3 is 2.59 bits per heavy atom. The van der Waals surface area contributed by atoms with Gasteiger partial charge in [-0.3, -0.25) is 4.79 Å². The smallest absolute Gasteiger partial charge is 0.225 e.